The zero-order valence-electron chi connectivity index (χ0n) is 20.5. The molecule has 0 heterocycles. The normalized spacial score (nSPS) is 11.2. The van der Waals surface area contributed by atoms with Crippen LogP contribution in [0, 0.1) is 0 Å². The maximum atomic E-state index is 5.99. The molecule has 3 rings (SSSR count). The lowest BCUT2D eigenvalue weighted by Crippen LogP contribution is -3.17. The molecule has 0 spiro atoms. The van der Waals surface area contributed by atoms with Gasteiger partial charge in [-0.15, -0.1) is 0 Å². The summed E-state index contributed by atoms with van der Waals surface area (Å²) in [6.45, 7) is 11.0. The van der Waals surface area contributed by atoms with Crippen molar-refractivity contribution in [3.05, 3.63) is 90.5 Å². The number of hydrogen-bond donors (Lipinski definition) is 3. The van der Waals surface area contributed by atoms with Crippen LogP contribution in [0.5, 0.6) is 5.75 Å². The van der Waals surface area contributed by atoms with E-state index in [4.69, 9.17) is 4.74 Å². The van der Waals surface area contributed by atoms with Crippen LogP contribution in [0.4, 0.5) is 11.4 Å². The van der Waals surface area contributed by atoms with Gasteiger partial charge in [0, 0.05) is 6.42 Å². The van der Waals surface area contributed by atoms with E-state index in [2.05, 4.69) is 74.4 Å². The van der Waals surface area contributed by atoms with E-state index in [0.717, 1.165) is 48.1 Å². The number of para-hydroxylation sites is 1. The second-order valence-corrected chi connectivity index (χ2v) is 8.72. The van der Waals surface area contributed by atoms with Crippen molar-refractivity contribution >= 4 is 17.2 Å². The van der Waals surface area contributed by atoms with E-state index in [-0.39, 0.29) is 34.0 Å². The molecule has 0 radical (unpaired) electrons. The minimum atomic E-state index is 0. The highest BCUT2D eigenvalue weighted by atomic mass is 79.9. The van der Waals surface area contributed by atoms with Gasteiger partial charge in [-0.1, -0.05) is 36.4 Å². The molecule has 0 saturated carbocycles. The summed E-state index contributed by atoms with van der Waals surface area (Å²) in [5.41, 5.74) is 3.15. The van der Waals surface area contributed by atoms with Crippen molar-refractivity contribution < 1.29 is 48.6 Å². The Labute approximate surface area is 226 Å². The zero-order valence-corrected chi connectivity index (χ0v) is 23.7. The number of ether oxygens (including phenoxy) is 1. The quantitative estimate of drug-likeness (QED) is 0.138. The minimum Gasteiger partial charge on any atom is -1.00 e. The highest BCUT2D eigenvalue weighted by Gasteiger charge is 2.16. The molecule has 0 bridgehead atoms. The fourth-order valence-electron chi connectivity index (χ4n) is 3.94. The van der Waals surface area contributed by atoms with Crippen LogP contribution >= 0.6 is 0 Å². The van der Waals surface area contributed by atoms with Gasteiger partial charge in [-0.05, 0) is 76.2 Å². The number of hydrogen-bond acceptors (Lipinski definition) is 1. The van der Waals surface area contributed by atoms with E-state index >= 15 is 0 Å². The Morgan fingerprint density at radius 1 is 0.794 bits per heavy atom. The summed E-state index contributed by atoms with van der Waals surface area (Å²) in [6.07, 6.45) is 1.05. The van der Waals surface area contributed by atoms with Crippen molar-refractivity contribution in [3.8, 4) is 5.75 Å². The van der Waals surface area contributed by atoms with E-state index in [1.165, 1.54) is 0 Å². The number of halogens is 2. The van der Waals surface area contributed by atoms with Gasteiger partial charge in [-0.2, -0.15) is 0 Å². The molecule has 0 fully saturated rings. The first-order valence-electron chi connectivity index (χ1n) is 11.6. The van der Waals surface area contributed by atoms with Gasteiger partial charge in [0.25, 0.3) is 5.84 Å². The number of quaternary nitrogens is 1. The van der Waals surface area contributed by atoms with Crippen molar-refractivity contribution in [1.82, 2.24) is 0 Å². The molecule has 0 aliphatic rings. The second-order valence-electron chi connectivity index (χ2n) is 8.72. The van der Waals surface area contributed by atoms with Crippen LogP contribution in [0.2, 0.25) is 0 Å². The number of nitrogens with one attached hydrogen (secondary N) is 3. The zero-order chi connectivity index (χ0) is 22.8. The molecule has 3 aromatic rings. The van der Waals surface area contributed by atoms with E-state index in [1.54, 1.807) is 4.90 Å². The van der Waals surface area contributed by atoms with Gasteiger partial charge < -0.3 is 43.6 Å². The third-order valence-electron chi connectivity index (χ3n) is 5.59. The van der Waals surface area contributed by atoms with Gasteiger partial charge in [0.05, 0.1) is 30.8 Å². The standard InChI is InChI=1S/C28H35N3O.2BrH/c1-22(2)31(23(3)4)20-11-21-32-27-18-16-26(17-19-27)30-28(24-12-7-5-8-13-24)29-25-14-9-6-10-15-25;;/h5-10,12-19,22-23H,11,20-21H2,1-4H3,(H,29,30);2*1H. The van der Waals surface area contributed by atoms with E-state index in [0.29, 0.717) is 12.1 Å². The van der Waals surface area contributed by atoms with Gasteiger partial charge in [0.2, 0.25) is 0 Å². The lowest BCUT2D eigenvalue weighted by molar-refractivity contribution is -0.942. The summed E-state index contributed by atoms with van der Waals surface area (Å²) in [6, 6.07) is 29.9. The molecular weight excluding hydrogens is 554 g/mol. The minimum absolute atomic E-state index is 0. The highest BCUT2D eigenvalue weighted by Crippen LogP contribution is 2.13. The van der Waals surface area contributed by atoms with E-state index < -0.39 is 0 Å². The monoisotopic (exact) mass is 589 g/mol. The number of rotatable bonds is 10. The van der Waals surface area contributed by atoms with E-state index in [1.807, 2.05) is 48.5 Å². The second kappa shape index (κ2) is 15.7. The van der Waals surface area contributed by atoms with Crippen molar-refractivity contribution in [3.63, 3.8) is 0 Å². The summed E-state index contributed by atoms with van der Waals surface area (Å²) < 4.78 is 5.99. The van der Waals surface area contributed by atoms with Crippen LogP contribution in [0.3, 0.4) is 0 Å². The molecule has 3 aromatic carbocycles. The van der Waals surface area contributed by atoms with Crippen molar-refractivity contribution in [2.75, 3.05) is 18.5 Å². The molecule has 0 saturated heterocycles. The van der Waals surface area contributed by atoms with Crippen LogP contribution in [-0.4, -0.2) is 31.1 Å². The van der Waals surface area contributed by atoms with Crippen LogP contribution in [-0.2, 0) is 0 Å². The Balaban J connectivity index is 0.00000289. The number of anilines is 1. The Morgan fingerprint density at radius 2 is 1.35 bits per heavy atom. The summed E-state index contributed by atoms with van der Waals surface area (Å²) in [4.78, 5) is 5.15. The third-order valence-corrected chi connectivity index (χ3v) is 5.59. The van der Waals surface area contributed by atoms with Crippen molar-refractivity contribution in [1.29, 1.82) is 0 Å². The Hall–Kier alpha value is -2.15. The molecule has 0 amide bonds. The molecule has 4 nitrogen and oxygen atoms in total. The summed E-state index contributed by atoms with van der Waals surface area (Å²) in [5.74, 6) is 1.85. The van der Waals surface area contributed by atoms with Crippen molar-refractivity contribution in [2.45, 2.75) is 46.2 Å². The van der Waals surface area contributed by atoms with Crippen LogP contribution in [0.15, 0.2) is 84.9 Å². The topological polar surface area (TPSA) is 39.7 Å². The molecule has 0 aliphatic heterocycles. The maximum absolute atomic E-state index is 5.99. The molecule has 6 heteroatoms. The molecule has 0 unspecified atom stereocenters. The van der Waals surface area contributed by atoms with Gasteiger partial charge in [-0.25, -0.2) is 10.3 Å². The van der Waals surface area contributed by atoms with Gasteiger partial charge >= 0.3 is 0 Å². The summed E-state index contributed by atoms with van der Waals surface area (Å²) in [7, 11) is 0. The molecule has 34 heavy (non-hydrogen) atoms. The first-order valence-corrected chi connectivity index (χ1v) is 11.6. The predicted octanol–water partition coefficient (Wildman–Crippen LogP) is -2.56. The lowest BCUT2D eigenvalue weighted by atomic mass is 10.2. The van der Waals surface area contributed by atoms with Gasteiger partial charge in [0.1, 0.15) is 17.1 Å². The van der Waals surface area contributed by atoms with Gasteiger partial charge in [-0.3, -0.25) is 0 Å². The highest BCUT2D eigenvalue weighted by molar-refractivity contribution is 6.04. The summed E-state index contributed by atoms with van der Waals surface area (Å²) >= 11 is 0. The fraction of sp³-hybridized carbons (Fsp3) is 0.321. The third kappa shape index (κ3) is 9.61. The molecule has 0 aromatic heterocycles. The van der Waals surface area contributed by atoms with E-state index in [9.17, 15) is 0 Å². The Kier molecular flexibility index (Phi) is 13.8. The molecule has 0 atom stereocenters. The van der Waals surface area contributed by atoms with Crippen molar-refractivity contribution in [2.24, 2.45) is 0 Å². The predicted molar refractivity (Wildman–Crippen MR) is 134 cm³/mol. The van der Waals surface area contributed by atoms with Crippen LogP contribution in [0.25, 0.3) is 0 Å². The Morgan fingerprint density at radius 3 is 1.91 bits per heavy atom. The fourth-order valence-corrected chi connectivity index (χ4v) is 3.94. The first kappa shape index (κ1) is 29.9. The molecule has 3 N–H and O–H groups in total. The molecular formula is C28H37Br2N3O. The number of benzene rings is 3. The lowest BCUT2D eigenvalue weighted by Gasteiger charge is -2.27. The van der Waals surface area contributed by atoms with Crippen LogP contribution in [0.1, 0.15) is 39.7 Å². The average molecular weight is 591 g/mol. The maximum Gasteiger partial charge on any atom is 0.285 e. The van der Waals surface area contributed by atoms with Crippen LogP contribution < -0.4 is 53.9 Å². The number of amidine groups is 1. The summed E-state index contributed by atoms with van der Waals surface area (Å²) in [5, 5.41) is 3.50. The SMILES string of the molecule is CC(C)[NH+](CCCOc1ccc([NH+]=C(Nc2ccccc2)c2ccccc2)cc1)C(C)C.[Br-].[Br-]. The first-order chi connectivity index (χ1) is 15.5. The molecule has 0 aliphatic carbocycles. The Bertz CT molecular complexity index is 954. The molecule has 184 valence electrons. The average Bonchev–Trinajstić information content (AvgIpc) is 2.80. The largest absolute Gasteiger partial charge is 1.00 e. The smallest absolute Gasteiger partial charge is 0.285 e. The van der Waals surface area contributed by atoms with Gasteiger partial charge in [0.15, 0.2) is 0 Å².